The normalized spacial score (nSPS) is 21.5. The highest BCUT2D eigenvalue weighted by Gasteiger charge is 2.25. The predicted octanol–water partition coefficient (Wildman–Crippen LogP) is 2.61. The molecule has 0 spiro atoms. The van der Waals surface area contributed by atoms with Gasteiger partial charge in [-0.25, -0.2) is 4.39 Å². The number of hydrogen-bond acceptors (Lipinski definition) is 2. The van der Waals surface area contributed by atoms with Crippen molar-refractivity contribution in [3.8, 4) is 0 Å². The fourth-order valence-corrected chi connectivity index (χ4v) is 2.36. The molecule has 1 heterocycles. The fourth-order valence-electron chi connectivity index (χ4n) is 2.36. The van der Waals surface area contributed by atoms with E-state index in [2.05, 4.69) is 4.90 Å². The molecule has 0 N–H and O–H groups in total. The van der Waals surface area contributed by atoms with Crippen molar-refractivity contribution in [1.82, 2.24) is 4.90 Å². The van der Waals surface area contributed by atoms with E-state index in [1.165, 1.54) is 12.0 Å². The van der Waals surface area contributed by atoms with Gasteiger partial charge in [0, 0.05) is 19.7 Å². The molecule has 1 unspecified atom stereocenters. The summed E-state index contributed by atoms with van der Waals surface area (Å²) in [6, 6.07) is 7.32. The molecule has 0 radical (unpaired) electrons. The first-order valence-corrected chi connectivity index (χ1v) is 5.79. The smallest absolute Gasteiger partial charge is 0.123 e. The number of ether oxygens (including phenoxy) is 1. The molecule has 0 aliphatic carbocycles. The molecular weight excluding hydrogens is 205 g/mol. The summed E-state index contributed by atoms with van der Waals surface area (Å²) in [5.74, 6) is -0.162. The molecule has 1 aliphatic rings. The molecule has 1 atom stereocenters. The van der Waals surface area contributed by atoms with E-state index in [-0.39, 0.29) is 5.82 Å². The summed E-state index contributed by atoms with van der Waals surface area (Å²) in [6.07, 6.45) is 2.38. The second-order valence-corrected chi connectivity index (χ2v) is 4.24. The van der Waals surface area contributed by atoms with Gasteiger partial charge in [-0.15, -0.1) is 0 Å². The minimum absolute atomic E-state index is 0.162. The highest BCUT2D eigenvalue weighted by Crippen LogP contribution is 2.31. The molecule has 2 nitrogen and oxygen atoms in total. The average Bonchev–Trinajstić information content (AvgIpc) is 2.75. The molecule has 1 aliphatic heterocycles. The standard InChI is InChI=1S/C13H18FNO/c1-16-10-9-15-8-2-3-13(15)11-4-6-12(14)7-5-11/h4-7,13H,2-3,8-10H2,1H3. The van der Waals surface area contributed by atoms with Crippen molar-refractivity contribution in [2.45, 2.75) is 18.9 Å². The summed E-state index contributed by atoms with van der Waals surface area (Å²) in [4.78, 5) is 2.41. The van der Waals surface area contributed by atoms with Crippen LogP contribution < -0.4 is 0 Å². The van der Waals surface area contributed by atoms with E-state index in [0.717, 1.165) is 26.1 Å². The molecule has 0 bridgehead atoms. The maximum atomic E-state index is 12.8. The number of likely N-dealkylation sites (tertiary alicyclic amines) is 1. The summed E-state index contributed by atoms with van der Waals surface area (Å²) in [5.41, 5.74) is 1.22. The third kappa shape index (κ3) is 2.60. The molecule has 0 saturated carbocycles. The van der Waals surface area contributed by atoms with E-state index in [0.29, 0.717) is 6.04 Å². The molecule has 0 amide bonds. The van der Waals surface area contributed by atoms with Crippen LogP contribution in [0.25, 0.3) is 0 Å². The number of rotatable bonds is 4. The van der Waals surface area contributed by atoms with Crippen molar-refractivity contribution in [1.29, 1.82) is 0 Å². The Hall–Kier alpha value is -0.930. The average molecular weight is 223 g/mol. The summed E-state index contributed by atoms with van der Waals surface area (Å²) in [7, 11) is 1.73. The van der Waals surface area contributed by atoms with Crippen molar-refractivity contribution in [2.75, 3.05) is 26.8 Å². The van der Waals surface area contributed by atoms with Crippen molar-refractivity contribution >= 4 is 0 Å². The quantitative estimate of drug-likeness (QED) is 0.778. The number of halogens is 1. The number of nitrogens with zero attached hydrogens (tertiary/aromatic N) is 1. The van der Waals surface area contributed by atoms with Crippen molar-refractivity contribution in [3.63, 3.8) is 0 Å². The molecule has 1 fully saturated rings. The van der Waals surface area contributed by atoms with Crippen molar-refractivity contribution in [3.05, 3.63) is 35.6 Å². The van der Waals surface area contributed by atoms with Gasteiger partial charge in [-0.1, -0.05) is 12.1 Å². The van der Waals surface area contributed by atoms with Crippen LogP contribution in [0.3, 0.4) is 0 Å². The van der Waals surface area contributed by atoms with Crippen molar-refractivity contribution in [2.24, 2.45) is 0 Å². The van der Waals surface area contributed by atoms with E-state index in [9.17, 15) is 4.39 Å². The van der Waals surface area contributed by atoms with E-state index < -0.39 is 0 Å². The van der Waals surface area contributed by atoms with Gasteiger partial charge in [0.05, 0.1) is 6.61 Å². The van der Waals surface area contributed by atoms with Gasteiger partial charge in [0.2, 0.25) is 0 Å². The lowest BCUT2D eigenvalue weighted by atomic mass is 10.0. The van der Waals surface area contributed by atoms with Gasteiger partial charge in [-0.2, -0.15) is 0 Å². The van der Waals surface area contributed by atoms with Gasteiger partial charge in [0.25, 0.3) is 0 Å². The molecule has 0 aromatic heterocycles. The highest BCUT2D eigenvalue weighted by atomic mass is 19.1. The van der Waals surface area contributed by atoms with Crippen LogP contribution in [0, 0.1) is 5.82 Å². The van der Waals surface area contributed by atoms with Crippen molar-refractivity contribution < 1.29 is 9.13 Å². The molecule has 1 saturated heterocycles. The van der Waals surface area contributed by atoms with Crippen LogP contribution in [-0.4, -0.2) is 31.7 Å². The summed E-state index contributed by atoms with van der Waals surface area (Å²) >= 11 is 0. The largest absolute Gasteiger partial charge is 0.383 e. The van der Waals surface area contributed by atoms with Gasteiger partial charge < -0.3 is 4.74 Å². The Bertz CT molecular complexity index is 325. The lowest BCUT2D eigenvalue weighted by Gasteiger charge is -2.24. The SMILES string of the molecule is COCCN1CCCC1c1ccc(F)cc1. The monoisotopic (exact) mass is 223 g/mol. The molecule has 1 aromatic carbocycles. The first kappa shape index (κ1) is 11.6. The third-order valence-corrected chi connectivity index (χ3v) is 3.20. The summed E-state index contributed by atoms with van der Waals surface area (Å²) < 4.78 is 17.9. The molecule has 3 heteroatoms. The van der Waals surface area contributed by atoms with Gasteiger partial charge >= 0.3 is 0 Å². The zero-order chi connectivity index (χ0) is 11.4. The molecule has 2 rings (SSSR count). The Morgan fingerprint density at radius 2 is 2.12 bits per heavy atom. The molecule has 88 valence electrons. The number of benzene rings is 1. The fraction of sp³-hybridized carbons (Fsp3) is 0.538. The lowest BCUT2D eigenvalue weighted by Crippen LogP contribution is -2.26. The zero-order valence-electron chi connectivity index (χ0n) is 9.66. The van der Waals surface area contributed by atoms with Crippen LogP contribution in [0.15, 0.2) is 24.3 Å². The third-order valence-electron chi connectivity index (χ3n) is 3.20. The Morgan fingerprint density at radius 1 is 1.38 bits per heavy atom. The first-order valence-electron chi connectivity index (χ1n) is 5.79. The van der Waals surface area contributed by atoms with Gasteiger partial charge in [0.1, 0.15) is 5.82 Å². The Labute approximate surface area is 96.0 Å². The molecular formula is C13H18FNO. The van der Waals surface area contributed by atoms with E-state index >= 15 is 0 Å². The number of hydrogen-bond donors (Lipinski definition) is 0. The first-order chi connectivity index (χ1) is 7.81. The Balaban J connectivity index is 2.04. The van der Waals surface area contributed by atoms with E-state index in [4.69, 9.17) is 4.74 Å². The van der Waals surface area contributed by atoms with Crippen LogP contribution in [0.4, 0.5) is 4.39 Å². The van der Waals surface area contributed by atoms with Crippen LogP contribution >= 0.6 is 0 Å². The Morgan fingerprint density at radius 3 is 2.81 bits per heavy atom. The summed E-state index contributed by atoms with van der Waals surface area (Å²) in [5, 5.41) is 0. The zero-order valence-corrected chi connectivity index (χ0v) is 9.66. The van der Waals surface area contributed by atoms with Gasteiger partial charge in [-0.3, -0.25) is 4.90 Å². The van der Waals surface area contributed by atoms with E-state index in [1.54, 1.807) is 19.2 Å². The predicted molar refractivity (Wildman–Crippen MR) is 61.8 cm³/mol. The second kappa shape index (κ2) is 5.41. The van der Waals surface area contributed by atoms with Crippen LogP contribution in [0.5, 0.6) is 0 Å². The van der Waals surface area contributed by atoms with Crippen LogP contribution in [0.2, 0.25) is 0 Å². The van der Waals surface area contributed by atoms with Gasteiger partial charge in [0.15, 0.2) is 0 Å². The second-order valence-electron chi connectivity index (χ2n) is 4.24. The molecule has 16 heavy (non-hydrogen) atoms. The van der Waals surface area contributed by atoms with Gasteiger partial charge in [-0.05, 0) is 37.1 Å². The number of methoxy groups -OCH3 is 1. The maximum Gasteiger partial charge on any atom is 0.123 e. The van der Waals surface area contributed by atoms with Crippen LogP contribution in [-0.2, 0) is 4.74 Å². The maximum absolute atomic E-state index is 12.8. The topological polar surface area (TPSA) is 12.5 Å². The van der Waals surface area contributed by atoms with Crippen LogP contribution in [0.1, 0.15) is 24.4 Å². The summed E-state index contributed by atoms with van der Waals surface area (Å²) in [6.45, 7) is 2.83. The molecule has 1 aromatic rings. The minimum atomic E-state index is -0.162. The minimum Gasteiger partial charge on any atom is -0.383 e. The lowest BCUT2D eigenvalue weighted by molar-refractivity contribution is 0.141. The Kier molecular flexibility index (Phi) is 3.91. The highest BCUT2D eigenvalue weighted by molar-refractivity contribution is 5.20. The van der Waals surface area contributed by atoms with E-state index in [1.807, 2.05) is 12.1 Å².